The molecular formula is C39H46O6. The molecule has 0 aromatic heterocycles. The number of rotatable bonds is 4. The first-order chi connectivity index (χ1) is 20.8. The number of hydrogen-bond acceptors (Lipinski definition) is 6. The smallest absolute Gasteiger partial charge is 0.206 e. The number of phenolic OH excluding ortho intramolecular Hbond substituents is 1. The van der Waals surface area contributed by atoms with Gasteiger partial charge in [0.1, 0.15) is 11.5 Å². The number of aliphatic hydroxyl groups excluding tert-OH is 1. The van der Waals surface area contributed by atoms with Gasteiger partial charge >= 0.3 is 0 Å². The van der Waals surface area contributed by atoms with Crippen LogP contribution in [0.1, 0.15) is 98.0 Å². The van der Waals surface area contributed by atoms with Crippen molar-refractivity contribution in [2.24, 2.45) is 22.7 Å². The molecule has 0 radical (unpaired) electrons. The van der Waals surface area contributed by atoms with Crippen LogP contribution < -0.4 is 0 Å². The van der Waals surface area contributed by atoms with Crippen molar-refractivity contribution in [1.82, 2.24) is 0 Å². The summed E-state index contributed by atoms with van der Waals surface area (Å²) in [6.45, 7) is 21.3. The molecule has 238 valence electrons. The summed E-state index contributed by atoms with van der Waals surface area (Å²) in [5.74, 6) is -3.43. The van der Waals surface area contributed by atoms with E-state index in [-0.39, 0.29) is 34.8 Å². The van der Waals surface area contributed by atoms with E-state index in [2.05, 4.69) is 40.7 Å². The van der Waals surface area contributed by atoms with Crippen molar-refractivity contribution < 1.29 is 29.7 Å². The lowest BCUT2D eigenvalue weighted by molar-refractivity contribution is -0.180. The van der Waals surface area contributed by atoms with E-state index in [9.17, 15) is 29.7 Å². The number of Topliss-reactive ketones (excluding diaryl/α,β-unsaturated/α-hetero) is 3. The molecule has 4 atom stereocenters. The maximum absolute atomic E-state index is 14.6. The number of aromatic hydroxyl groups is 1. The lowest BCUT2D eigenvalue weighted by Gasteiger charge is -2.60. The third kappa shape index (κ3) is 4.21. The maximum Gasteiger partial charge on any atom is 0.206 e. The predicted molar refractivity (Wildman–Crippen MR) is 178 cm³/mol. The van der Waals surface area contributed by atoms with E-state index < -0.39 is 45.5 Å². The van der Waals surface area contributed by atoms with Gasteiger partial charge < -0.3 is 15.3 Å². The molecule has 5 rings (SSSR count). The Morgan fingerprint density at radius 1 is 0.889 bits per heavy atom. The normalized spacial score (nSPS) is 28.2. The molecule has 1 fully saturated rings. The zero-order chi connectivity index (χ0) is 33.7. The fraction of sp³-hybridized carbons (Fsp3) is 0.462. The van der Waals surface area contributed by atoms with Crippen molar-refractivity contribution >= 4 is 35.3 Å². The first kappa shape index (κ1) is 32.6. The molecule has 6 heteroatoms. The number of carbonyl (C=O) groups excluding carboxylic acids is 3. The molecule has 45 heavy (non-hydrogen) atoms. The van der Waals surface area contributed by atoms with Gasteiger partial charge in [-0.2, -0.15) is 0 Å². The summed E-state index contributed by atoms with van der Waals surface area (Å²) in [5.41, 5.74) is 4.54. The quantitative estimate of drug-likeness (QED) is 0.189. The minimum atomic E-state index is -2.54. The van der Waals surface area contributed by atoms with Gasteiger partial charge in [0.25, 0.3) is 0 Å². The van der Waals surface area contributed by atoms with Crippen LogP contribution in [0.25, 0.3) is 17.9 Å². The molecule has 0 saturated heterocycles. The molecular weight excluding hydrogens is 564 g/mol. The Morgan fingerprint density at radius 2 is 1.44 bits per heavy atom. The molecule has 0 amide bonds. The minimum absolute atomic E-state index is 0.0683. The standard InChI is InChI=1S/C39H46O6/c1-18(2)32-24(8)30(25(9)40)35(43)39(45)36(44)33-34(42)31-28(16-37(33,10)17-38(32,39)11)26(13-15-29(31)41)12-14-27-22(6)20(4)19(3)21(5)23(27)7/h12-15,18,32,41-42,45H,16-17H2,1-11H3/b14-12+/t32-,37+,38+,39-/m1/s1. The van der Waals surface area contributed by atoms with Crippen LogP contribution in [0, 0.1) is 57.3 Å². The van der Waals surface area contributed by atoms with Gasteiger partial charge in [-0.1, -0.05) is 51.5 Å². The summed E-state index contributed by atoms with van der Waals surface area (Å²) in [5, 5.41) is 35.2. The number of benzene rings is 2. The van der Waals surface area contributed by atoms with Crippen LogP contribution in [0.2, 0.25) is 0 Å². The number of phenols is 1. The molecule has 3 N–H and O–H groups in total. The number of hydrogen-bond donors (Lipinski definition) is 3. The van der Waals surface area contributed by atoms with Gasteiger partial charge in [-0.15, -0.1) is 0 Å². The van der Waals surface area contributed by atoms with Crippen LogP contribution in [-0.4, -0.2) is 38.3 Å². The number of fused-ring (bicyclic) bond motifs is 3. The highest BCUT2D eigenvalue weighted by molar-refractivity contribution is 6.33. The average molecular weight is 611 g/mol. The van der Waals surface area contributed by atoms with Crippen LogP contribution in [-0.2, 0) is 20.8 Å². The Hall–Kier alpha value is -3.77. The summed E-state index contributed by atoms with van der Waals surface area (Å²) >= 11 is 0. The second-order valence-electron chi connectivity index (χ2n) is 14.7. The second kappa shape index (κ2) is 10.4. The molecule has 0 heterocycles. The predicted octanol–water partition coefficient (Wildman–Crippen LogP) is 7.41. The second-order valence-corrected chi connectivity index (χ2v) is 14.7. The fourth-order valence-electron chi connectivity index (χ4n) is 9.38. The number of aliphatic hydroxyl groups is 2. The molecule has 2 aromatic carbocycles. The third-order valence-electron chi connectivity index (χ3n) is 11.7. The topological polar surface area (TPSA) is 112 Å². The number of allylic oxidation sites excluding steroid dienone is 1. The van der Waals surface area contributed by atoms with Crippen LogP contribution in [0.15, 0.2) is 28.9 Å². The van der Waals surface area contributed by atoms with E-state index in [0.717, 1.165) is 11.1 Å². The average Bonchev–Trinajstić information content (AvgIpc) is 2.93. The van der Waals surface area contributed by atoms with E-state index in [1.54, 1.807) is 13.8 Å². The third-order valence-corrected chi connectivity index (χ3v) is 11.7. The molecule has 1 saturated carbocycles. The highest BCUT2D eigenvalue weighted by Gasteiger charge is 2.72. The van der Waals surface area contributed by atoms with Crippen LogP contribution in [0.5, 0.6) is 5.75 Å². The highest BCUT2D eigenvalue weighted by atomic mass is 16.3. The first-order valence-corrected chi connectivity index (χ1v) is 15.8. The summed E-state index contributed by atoms with van der Waals surface area (Å²) < 4.78 is 0. The van der Waals surface area contributed by atoms with E-state index in [1.165, 1.54) is 40.8 Å². The van der Waals surface area contributed by atoms with Gasteiger partial charge in [0.05, 0.1) is 11.1 Å². The molecule has 6 nitrogen and oxygen atoms in total. The molecule has 0 bridgehead atoms. The van der Waals surface area contributed by atoms with Crippen molar-refractivity contribution in [1.29, 1.82) is 0 Å². The van der Waals surface area contributed by atoms with E-state index in [0.29, 0.717) is 17.6 Å². The molecule has 0 aliphatic heterocycles. The SMILES string of the molecule is CC(=O)C1=C(C)[C@@H](C(C)C)[C@]2(C)C[C@]3(C)Cc4c(/C=C/c5c(C)c(C)c(C)c(C)c5C)ccc(O)c4C(O)=C3C(=O)[C@]2(O)C1=O. The van der Waals surface area contributed by atoms with Gasteiger partial charge in [0.15, 0.2) is 11.4 Å². The van der Waals surface area contributed by atoms with Gasteiger partial charge in [0.2, 0.25) is 11.6 Å². The summed E-state index contributed by atoms with van der Waals surface area (Å²) in [6.07, 6.45) is 4.59. The van der Waals surface area contributed by atoms with Crippen molar-refractivity contribution in [2.75, 3.05) is 0 Å². The summed E-state index contributed by atoms with van der Waals surface area (Å²) in [6, 6.07) is 3.32. The highest BCUT2D eigenvalue weighted by Crippen LogP contribution is 2.65. The van der Waals surface area contributed by atoms with Crippen LogP contribution >= 0.6 is 0 Å². The first-order valence-electron chi connectivity index (χ1n) is 15.8. The van der Waals surface area contributed by atoms with Crippen molar-refractivity contribution in [3.05, 3.63) is 78.9 Å². The van der Waals surface area contributed by atoms with E-state index in [4.69, 9.17) is 0 Å². The fourth-order valence-corrected chi connectivity index (χ4v) is 9.38. The van der Waals surface area contributed by atoms with Gasteiger partial charge in [-0.05, 0) is 124 Å². The Labute approximate surface area is 266 Å². The van der Waals surface area contributed by atoms with Crippen LogP contribution in [0.3, 0.4) is 0 Å². The Morgan fingerprint density at radius 3 is 1.98 bits per heavy atom. The summed E-state index contributed by atoms with van der Waals surface area (Å²) in [7, 11) is 0. The van der Waals surface area contributed by atoms with Crippen molar-refractivity contribution in [2.45, 2.75) is 94.6 Å². The Bertz CT molecular complexity index is 1790. The minimum Gasteiger partial charge on any atom is -0.507 e. The Kier molecular flexibility index (Phi) is 7.52. The molecule has 2 aromatic rings. The Balaban J connectivity index is 1.74. The lowest BCUT2D eigenvalue weighted by atomic mass is 9.42. The van der Waals surface area contributed by atoms with Crippen molar-refractivity contribution in [3.63, 3.8) is 0 Å². The van der Waals surface area contributed by atoms with Gasteiger partial charge in [-0.25, -0.2) is 0 Å². The van der Waals surface area contributed by atoms with Gasteiger partial charge in [0, 0.05) is 16.4 Å². The van der Waals surface area contributed by atoms with E-state index in [1.807, 2.05) is 32.9 Å². The van der Waals surface area contributed by atoms with Crippen molar-refractivity contribution in [3.8, 4) is 5.75 Å². The molecule has 0 spiro atoms. The maximum atomic E-state index is 14.6. The molecule has 3 aliphatic carbocycles. The zero-order valence-electron chi connectivity index (χ0n) is 28.4. The van der Waals surface area contributed by atoms with Gasteiger partial charge in [-0.3, -0.25) is 14.4 Å². The van der Waals surface area contributed by atoms with E-state index >= 15 is 0 Å². The largest absolute Gasteiger partial charge is 0.507 e. The lowest BCUT2D eigenvalue weighted by Crippen LogP contribution is -2.70. The summed E-state index contributed by atoms with van der Waals surface area (Å²) in [4.78, 5) is 41.3. The molecule has 3 aliphatic rings. The zero-order valence-corrected chi connectivity index (χ0v) is 28.4. The number of carbonyl (C=O) groups is 3. The monoisotopic (exact) mass is 610 g/mol. The number of ketones is 3. The van der Waals surface area contributed by atoms with Crippen LogP contribution in [0.4, 0.5) is 0 Å². The molecule has 0 unspecified atom stereocenters.